The summed E-state index contributed by atoms with van der Waals surface area (Å²) >= 11 is 5.86. The van der Waals surface area contributed by atoms with Crippen molar-refractivity contribution in [1.82, 2.24) is 10.6 Å². The number of nitrogens with one attached hydrogen (secondary N) is 2. The summed E-state index contributed by atoms with van der Waals surface area (Å²) in [5.41, 5.74) is 0.176. The van der Waals surface area contributed by atoms with Crippen molar-refractivity contribution in [2.24, 2.45) is 0 Å². The second-order valence-corrected chi connectivity index (χ2v) is 8.34. The maximum atomic E-state index is 12.1. The Kier molecular flexibility index (Phi) is 8.04. The average Bonchev–Trinajstić information content (AvgIpc) is 2.50. The van der Waals surface area contributed by atoms with Gasteiger partial charge in [0, 0.05) is 11.1 Å². The average molecular weight is 420 g/mol. The number of carbonyl (C=O) groups excluding carboxylic acids is 3. The van der Waals surface area contributed by atoms with E-state index >= 15 is 0 Å². The van der Waals surface area contributed by atoms with Crippen LogP contribution in [0.5, 0.6) is 0 Å². The van der Waals surface area contributed by atoms with E-state index in [2.05, 4.69) is 5.32 Å². The number of hydrogen-bond acceptors (Lipinski definition) is 6. The highest BCUT2D eigenvalue weighted by atomic mass is 35.5. The zero-order valence-electron chi connectivity index (χ0n) is 15.4. The Morgan fingerprint density at radius 1 is 1.22 bits per heavy atom. The predicted octanol–water partition coefficient (Wildman–Crippen LogP) is 1.27. The fourth-order valence-corrected chi connectivity index (χ4v) is 2.97. The number of hydrogen-bond donors (Lipinski definition) is 2. The van der Waals surface area contributed by atoms with E-state index in [-0.39, 0.29) is 11.7 Å². The molecule has 150 valence electrons. The van der Waals surface area contributed by atoms with E-state index in [1.165, 1.54) is 25.1 Å². The van der Waals surface area contributed by atoms with Crippen molar-refractivity contribution in [2.45, 2.75) is 32.9 Å². The van der Waals surface area contributed by atoms with Crippen LogP contribution in [-0.2, 0) is 24.3 Å². The van der Waals surface area contributed by atoms with Crippen LogP contribution in [0, 0.1) is 0 Å². The second-order valence-electron chi connectivity index (χ2n) is 6.00. The number of sulfonamides is 1. The van der Waals surface area contributed by atoms with Crippen molar-refractivity contribution in [3.63, 3.8) is 0 Å². The molecule has 0 aliphatic heterocycles. The van der Waals surface area contributed by atoms with E-state index in [9.17, 15) is 22.8 Å². The lowest BCUT2D eigenvalue weighted by molar-refractivity contribution is -0.152. The van der Waals surface area contributed by atoms with E-state index in [1.807, 2.05) is 5.32 Å². The van der Waals surface area contributed by atoms with Gasteiger partial charge in [0.15, 0.2) is 6.10 Å². The van der Waals surface area contributed by atoms with Crippen LogP contribution in [-0.4, -0.2) is 51.3 Å². The van der Waals surface area contributed by atoms with Crippen LogP contribution in [0.15, 0.2) is 24.3 Å². The number of amides is 3. The van der Waals surface area contributed by atoms with Crippen molar-refractivity contribution >= 4 is 45.2 Å². The molecule has 0 aliphatic rings. The highest BCUT2D eigenvalue weighted by molar-refractivity contribution is 7.92. The Labute approximate surface area is 163 Å². The molecule has 2 N–H and O–H groups in total. The molecule has 0 bridgehead atoms. The molecule has 0 spiro atoms. The molecule has 0 unspecified atom stereocenters. The lowest BCUT2D eigenvalue weighted by atomic mass is 10.3. The van der Waals surface area contributed by atoms with E-state index in [4.69, 9.17) is 16.3 Å². The van der Waals surface area contributed by atoms with Gasteiger partial charge in [-0.1, -0.05) is 17.7 Å². The van der Waals surface area contributed by atoms with Gasteiger partial charge < -0.3 is 10.1 Å². The summed E-state index contributed by atoms with van der Waals surface area (Å²) in [5, 5.41) is 4.76. The molecule has 1 rings (SSSR count). The normalized spacial score (nSPS) is 12.2. The molecule has 0 fully saturated rings. The molecule has 0 heterocycles. The molecule has 0 aliphatic carbocycles. The number of imide groups is 1. The molecule has 27 heavy (non-hydrogen) atoms. The van der Waals surface area contributed by atoms with Crippen LogP contribution in [0.4, 0.5) is 10.5 Å². The van der Waals surface area contributed by atoms with E-state index in [0.717, 1.165) is 10.6 Å². The number of benzene rings is 1. The van der Waals surface area contributed by atoms with Gasteiger partial charge in [-0.15, -0.1) is 0 Å². The van der Waals surface area contributed by atoms with Gasteiger partial charge in [-0.05, 0) is 39.0 Å². The van der Waals surface area contributed by atoms with Crippen LogP contribution in [0.25, 0.3) is 0 Å². The van der Waals surface area contributed by atoms with Crippen LogP contribution >= 0.6 is 11.6 Å². The molecule has 0 radical (unpaired) electrons. The molecule has 1 atom stereocenters. The van der Waals surface area contributed by atoms with Gasteiger partial charge in [-0.25, -0.2) is 13.2 Å². The van der Waals surface area contributed by atoms with Gasteiger partial charge in [0.1, 0.15) is 6.54 Å². The van der Waals surface area contributed by atoms with E-state index in [0.29, 0.717) is 5.02 Å². The summed E-state index contributed by atoms with van der Waals surface area (Å²) in [4.78, 5) is 35.5. The SMILES string of the molecule is CC(C)NC(=O)NC(=O)[C@@H](C)OC(=O)CN(c1cccc(Cl)c1)S(C)(=O)=O. The minimum absolute atomic E-state index is 0.176. The number of esters is 1. The molecule has 0 aromatic heterocycles. The quantitative estimate of drug-likeness (QED) is 0.642. The summed E-state index contributed by atoms with van der Waals surface area (Å²) in [6.45, 7) is 4.03. The van der Waals surface area contributed by atoms with Crippen molar-refractivity contribution < 1.29 is 27.5 Å². The largest absolute Gasteiger partial charge is 0.451 e. The first kappa shape index (κ1) is 22.7. The second kappa shape index (κ2) is 9.56. The number of urea groups is 1. The molecular formula is C16H22ClN3O6S. The Bertz CT molecular complexity index is 812. The molecule has 11 heteroatoms. The van der Waals surface area contributed by atoms with Crippen LogP contribution in [0.3, 0.4) is 0 Å². The van der Waals surface area contributed by atoms with Crippen molar-refractivity contribution in [3.05, 3.63) is 29.3 Å². The maximum Gasteiger partial charge on any atom is 0.327 e. The number of ether oxygens (including phenoxy) is 1. The lowest BCUT2D eigenvalue weighted by Crippen LogP contribution is -2.47. The monoisotopic (exact) mass is 419 g/mol. The molecule has 9 nitrogen and oxygen atoms in total. The number of halogens is 1. The lowest BCUT2D eigenvalue weighted by Gasteiger charge is -2.22. The fourth-order valence-electron chi connectivity index (χ4n) is 1.95. The molecule has 1 aromatic rings. The van der Waals surface area contributed by atoms with Gasteiger partial charge in [0.05, 0.1) is 11.9 Å². The zero-order valence-corrected chi connectivity index (χ0v) is 16.9. The van der Waals surface area contributed by atoms with Gasteiger partial charge in [0.25, 0.3) is 5.91 Å². The van der Waals surface area contributed by atoms with E-state index in [1.54, 1.807) is 19.9 Å². The van der Waals surface area contributed by atoms with Crippen LogP contribution in [0.1, 0.15) is 20.8 Å². The van der Waals surface area contributed by atoms with Crippen molar-refractivity contribution in [2.75, 3.05) is 17.1 Å². The molecule has 0 saturated heterocycles. The zero-order chi connectivity index (χ0) is 20.8. The minimum atomic E-state index is -3.81. The number of rotatable bonds is 7. The summed E-state index contributed by atoms with van der Waals surface area (Å²) in [5.74, 6) is -1.80. The fraction of sp³-hybridized carbons (Fsp3) is 0.438. The van der Waals surface area contributed by atoms with Gasteiger partial charge in [-0.2, -0.15) is 0 Å². The van der Waals surface area contributed by atoms with Crippen LogP contribution in [0.2, 0.25) is 5.02 Å². The smallest absolute Gasteiger partial charge is 0.327 e. The standard InChI is InChI=1S/C16H22ClN3O6S/c1-10(2)18-16(23)19-15(22)11(3)26-14(21)9-20(27(4,24)25)13-7-5-6-12(17)8-13/h5-8,10-11H,9H2,1-4H3,(H2,18,19,22,23)/t11-/m1/s1. The number of anilines is 1. The first-order valence-electron chi connectivity index (χ1n) is 7.94. The summed E-state index contributed by atoms with van der Waals surface area (Å²) < 4.78 is 29.7. The van der Waals surface area contributed by atoms with E-state index < -0.39 is 40.6 Å². The Morgan fingerprint density at radius 3 is 2.37 bits per heavy atom. The third-order valence-corrected chi connectivity index (χ3v) is 4.48. The highest BCUT2D eigenvalue weighted by Gasteiger charge is 2.25. The third-order valence-electron chi connectivity index (χ3n) is 3.10. The number of carbonyl (C=O) groups is 3. The predicted molar refractivity (Wildman–Crippen MR) is 101 cm³/mol. The van der Waals surface area contributed by atoms with Crippen molar-refractivity contribution in [3.8, 4) is 0 Å². The van der Waals surface area contributed by atoms with Crippen LogP contribution < -0.4 is 14.9 Å². The summed E-state index contributed by atoms with van der Waals surface area (Å²) in [6, 6.07) is 5.02. The highest BCUT2D eigenvalue weighted by Crippen LogP contribution is 2.21. The van der Waals surface area contributed by atoms with Crippen molar-refractivity contribution in [1.29, 1.82) is 0 Å². The number of nitrogens with zero attached hydrogens (tertiary/aromatic N) is 1. The Morgan fingerprint density at radius 2 is 1.85 bits per heavy atom. The molecule has 1 aromatic carbocycles. The minimum Gasteiger partial charge on any atom is -0.451 e. The Hall–Kier alpha value is -2.33. The molecular weight excluding hydrogens is 398 g/mol. The molecule has 0 saturated carbocycles. The Balaban J connectivity index is 2.77. The first-order valence-corrected chi connectivity index (χ1v) is 10.2. The van der Waals surface area contributed by atoms with Gasteiger partial charge >= 0.3 is 12.0 Å². The third kappa shape index (κ3) is 7.83. The van der Waals surface area contributed by atoms with Gasteiger partial charge in [-0.3, -0.25) is 19.2 Å². The summed E-state index contributed by atoms with van der Waals surface area (Å²) in [6.07, 6.45) is -0.371. The topological polar surface area (TPSA) is 122 Å². The molecule has 3 amide bonds. The maximum absolute atomic E-state index is 12.1. The van der Waals surface area contributed by atoms with Gasteiger partial charge in [0.2, 0.25) is 10.0 Å². The first-order chi connectivity index (χ1) is 12.4. The summed E-state index contributed by atoms with van der Waals surface area (Å²) in [7, 11) is -3.81.